The van der Waals surface area contributed by atoms with E-state index in [0.29, 0.717) is 6.92 Å². The molecule has 0 heterocycles. The number of halogens is 2. The minimum atomic E-state index is -3.06. The topological polar surface area (TPSA) is 55.1 Å². The normalized spacial score (nSPS) is 14.5. The molecule has 1 unspecified atom stereocenters. The van der Waals surface area contributed by atoms with Gasteiger partial charge in [0.05, 0.1) is 0 Å². The van der Waals surface area contributed by atoms with Crippen molar-refractivity contribution in [3.05, 3.63) is 0 Å². The van der Waals surface area contributed by atoms with Crippen LogP contribution in [0.3, 0.4) is 0 Å². The fourth-order valence-electron chi connectivity index (χ4n) is 0.346. The van der Waals surface area contributed by atoms with E-state index in [2.05, 4.69) is 0 Å². The highest BCUT2D eigenvalue weighted by Crippen LogP contribution is 2.12. The Balaban J connectivity index is 3.85. The minimum absolute atomic E-state index is 0.561. The molecule has 0 saturated carbocycles. The molecule has 0 aromatic heterocycles. The summed E-state index contributed by atoms with van der Waals surface area (Å²) in [4.78, 5) is 10.2. The number of amides is 1. The minimum Gasteiger partial charge on any atom is -0.336 e. The van der Waals surface area contributed by atoms with Crippen molar-refractivity contribution in [2.45, 2.75) is 25.9 Å². The van der Waals surface area contributed by atoms with Crippen molar-refractivity contribution in [2.24, 2.45) is 5.73 Å². The number of nitrogens with one attached hydrogen (secondary N) is 1. The summed E-state index contributed by atoms with van der Waals surface area (Å²) in [5.74, 6) is -3.62. The molecule has 1 amide bonds. The largest absolute Gasteiger partial charge is 0.336 e. The molecule has 0 radical (unpaired) electrons. The molecular weight excluding hydrogens is 142 g/mol. The smallest absolute Gasteiger partial charge is 0.278 e. The lowest BCUT2D eigenvalue weighted by Gasteiger charge is -2.19. The average molecular weight is 152 g/mol. The monoisotopic (exact) mass is 152 g/mol. The zero-order valence-electron chi connectivity index (χ0n) is 5.82. The van der Waals surface area contributed by atoms with Gasteiger partial charge in [-0.25, -0.2) is 8.78 Å². The summed E-state index contributed by atoms with van der Waals surface area (Å²) < 4.78 is 24.3. The number of alkyl halides is 2. The van der Waals surface area contributed by atoms with E-state index in [1.165, 1.54) is 0 Å². The zero-order valence-corrected chi connectivity index (χ0v) is 5.82. The van der Waals surface area contributed by atoms with E-state index in [1.54, 1.807) is 0 Å². The zero-order chi connectivity index (χ0) is 8.36. The third-order valence-corrected chi connectivity index (χ3v) is 0.905. The van der Waals surface area contributed by atoms with E-state index >= 15 is 0 Å². The molecule has 1 atom stereocenters. The molecule has 60 valence electrons. The summed E-state index contributed by atoms with van der Waals surface area (Å²) in [6.07, 6.45) is -1.59. The summed E-state index contributed by atoms with van der Waals surface area (Å²) in [5.41, 5.74) is 4.87. The van der Waals surface area contributed by atoms with Gasteiger partial charge in [-0.2, -0.15) is 0 Å². The summed E-state index contributed by atoms with van der Waals surface area (Å²) in [5, 5.41) is 1.87. The van der Waals surface area contributed by atoms with E-state index in [1.807, 2.05) is 5.32 Å². The summed E-state index contributed by atoms with van der Waals surface area (Å²) in [6, 6.07) is 0. The van der Waals surface area contributed by atoms with Gasteiger partial charge < -0.3 is 11.1 Å². The second kappa shape index (κ2) is 2.92. The Morgan fingerprint density at radius 3 is 2.20 bits per heavy atom. The van der Waals surface area contributed by atoms with Gasteiger partial charge >= 0.3 is 0 Å². The summed E-state index contributed by atoms with van der Waals surface area (Å²) in [7, 11) is 0. The highest BCUT2D eigenvalue weighted by atomic mass is 19.3. The molecule has 0 aliphatic heterocycles. The van der Waals surface area contributed by atoms with Gasteiger partial charge in [0.1, 0.15) is 6.17 Å². The molecule has 0 aromatic rings. The number of rotatable bonds is 2. The van der Waals surface area contributed by atoms with Crippen molar-refractivity contribution in [3.8, 4) is 0 Å². The Hall–Kier alpha value is -0.710. The van der Waals surface area contributed by atoms with E-state index < -0.39 is 18.0 Å². The lowest BCUT2D eigenvalue weighted by atomic mass is 10.3. The number of carbonyl (C=O) groups is 1. The first-order valence-corrected chi connectivity index (χ1v) is 2.74. The highest BCUT2D eigenvalue weighted by molar-refractivity contribution is 5.73. The van der Waals surface area contributed by atoms with Crippen LogP contribution in [0.4, 0.5) is 8.78 Å². The first-order valence-electron chi connectivity index (χ1n) is 2.74. The molecule has 10 heavy (non-hydrogen) atoms. The van der Waals surface area contributed by atoms with Crippen molar-refractivity contribution < 1.29 is 13.6 Å². The van der Waals surface area contributed by atoms with Gasteiger partial charge in [-0.1, -0.05) is 0 Å². The van der Waals surface area contributed by atoms with Gasteiger partial charge in [-0.15, -0.1) is 0 Å². The molecule has 0 bridgehead atoms. The van der Waals surface area contributed by atoms with Crippen LogP contribution >= 0.6 is 0 Å². The summed E-state index contributed by atoms with van der Waals surface area (Å²) >= 11 is 0. The van der Waals surface area contributed by atoms with Crippen molar-refractivity contribution >= 4 is 5.91 Å². The standard InChI is InChI=1S/C5H10F2N2O/c1-3(10)9-4(8)5(2,6)7/h4H,8H2,1-2H3,(H,9,10). The van der Waals surface area contributed by atoms with Crippen LogP contribution in [-0.2, 0) is 4.79 Å². The van der Waals surface area contributed by atoms with Crippen molar-refractivity contribution in [1.29, 1.82) is 0 Å². The van der Waals surface area contributed by atoms with Crippen molar-refractivity contribution in [1.82, 2.24) is 5.32 Å². The van der Waals surface area contributed by atoms with Crippen LogP contribution in [-0.4, -0.2) is 18.0 Å². The predicted molar refractivity (Wildman–Crippen MR) is 32.4 cm³/mol. The SMILES string of the molecule is CC(=O)NC(N)C(C)(F)F. The van der Waals surface area contributed by atoms with Gasteiger partial charge in [0.25, 0.3) is 5.92 Å². The van der Waals surface area contributed by atoms with Crippen LogP contribution in [0.25, 0.3) is 0 Å². The molecule has 5 heteroatoms. The fraction of sp³-hybridized carbons (Fsp3) is 0.800. The van der Waals surface area contributed by atoms with Crippen LogP contribution in [0.5, 0.6) is 0 Å². The number of nitrogens with two attached hydrogens (primary N) is 1. The number of hydrogen-bond acceptors (Lipinski definition) is 2. The maximum Gasteiger partial charge on any atom is 0.278 e. The van der Waals surface area contributed by atoms with Gasteiger partial charge in [-0.05, 0) is 0 Å². The van der Waals surface area contributed by atoms with E-state index in [-0.39, 0.29) is 0 Å². The maximum absolute atomic E-state index is 12.1. The van der Waals surface area contributed by atoms with Crippen molar-refractivity contribution in [3.63, 3.8) is 0 Å². The molecule has 0 saturated heterocycles. The molecule has 0 aliphatic carbocycles. The Morgan fingerprint density at radius 1 is 1.70 bits per heavy atom. The molecular formula is C5H10F2N2O. The molecule has 0 rings (SSSR count). The molecule has 0 aromatic carbocycles. The van der Waals surface area contributed by atoms with E-state index in [4.69, 9.17) is 5.73 Å². The average Bonchev–Trinajstić information content (AvgIpc) is 1.60. The first kappa shape index (κ1) is 9.29. The van der Waals surface area contributed by atoms with Crippen LogP contribution in [0.2, 0.25) is 0 Å². The number of hydrogen-bond donors (Lipinski definition) is 2. The lowest BCUT2D eigenvalue weighted by molar-refractivity contribution is -0.122. The number of carbonyl (C=O) groups excluding carboxylic acids is 1. The molecule has 3 nitrogen and oxygen atoms in total. The predicted octanol–water partition coefficient (Wildman–Crippen LogP) is 0.0625. The maximum atomic E-state index is 12.1. The Morgan fingerprint density at radius 2 is 2.10 bits per heavy atom. The second-order valence-electron chi connectivity index (χ2n) is 2.13. The molecule has 0 spiro atoms. The van der Waals surface area contributed by atoms with Crippen LogP contribution < -0.4 is 11.1 Å². The molecule has 0 fully saturated rings. The fourth-order valence-corrected chi connectivity index (χ4v) is 0.346. The Bertz CT molecular complexity index is 132. The Kier molecular flexibility index (Phi) is 2.71. The van der Waals surface area contributed by atoms with Crippen LogP contribution in [0, 0.1) is 0 Å². The quantitative estimate of drug-likeness (QED) is 0.550. The van der Waals surface area contributed by atoms with Crippen molar-refractivity contribution in [2.75, 3.05) is 0 Å². The highest BCUT2D eigenvalue weighted by Gasteiger charge is 2.31. The second-order valence-corrected chi connectivity index (χ2v) is 2.13. The van der Waals surface area contributed by atoms with E-state index in [9.17, 15) is 13.6 Å². The van der Waals surface area contributed by atoms with Crippen LogP contribution in [0.1, 0.15) is 13.8 Å². The van der Waals surface area contributed by atoms with Gasteiger partial charge in [0.2, 0.25) is 5.91 Å². The third-order valence-electron chi connectivity index (χ3n) is 0.905. The first-order chi connectivity index (χ1) is 4.34. The Labute approximate surface area is 57.6 Å². The third kappa shape index (κ3) is 3.34. The van der Waals surface area contributed by atoms with Gasteiger partial charge in [-0.3, -0.25) is 4.79 Å². The van der Waals surface area contributed by atoms with Crippen LogP contribution in [0.15, 0.2) is 0 Å². The molecule has 3 N–H and O–H groups in total. The van der Waals surface area contributed by atoms with Gasteiger partial charge in [0.15, 0.2) is 0 Å². The summed E-state index contributed by atoms with van der Waals surface area (Å²) in [6.45, 7) is 1.78. The molecule has 0 aliphatic rings. The van der Waals surface area contributed by atoms with Gasteiger partial charge in [0, 0.05) is 13.8 Å². The van der Waals surface area contributed by atoms with E-state index in [0.717, 1.165) is 6.92 Å². The lowest BCUT2D eigenvalue weighted by Crippen LogP contribution is -2.51.